The molecule has 0 N–H and O–H groups in total. The van der Waals surface area contributed by atoms with E-state index in [2.05, 4.69) is 20.9 Å². The number of anilines is 1. The molecule has 1 unspecified atom stereocenters. The molecule has 1 saturated heterocycles. The van der Waals surface area contributed by atoms with Gasteiger partial charge in [-0.2, -0.15) is 0 Å². The highest BCUT2D eigenvalue weighted by molar-refractivity contribution is 9.10. The lowest BCUT2D eigenvalue weighted by molar-refractivity contribution is -0.117. The normalized spacial score (nSPS) is 20.1. The summed E-state index contributed by atoms with van der Waals surface area (Å²) in [6, 6.07) is 3.60. The van der Waals surface area contributed by atoms with Gasteiger partial charge in [-0.05, 0) is 35.0 Å². The molecular weight excluding hydrogens is 356 g/mol. The lowest BCUT2D eigenvalue weighted by Crippen LogP contribution is -2.26. The standard InChI is InChI=1S/C11H12BrClN2O3S/c1-7-2-3-9(11(12)14-7)15-5-8(4-10(15)16)6-19(13,17)18/h2-3,8H,4-6H2,1H3. The average Bonchev–Trinajstić information content (AvgIpc) is 2.56. The average molecular weight is 368 g/mol. The quantitative estimate of drug-likeness (QED) is 0.606. The van der Waals surface area contributed by atoms with Gasteiger partial charge in [0, 0.05) is 35.3 Å². The maximum absolute atomic E-state index is 11.9. The maximum atomic E-state index is 11.9. The number of pyridine rings is 1. The highest BCUT2D eigenvalue weighted by atomic mass is 79.9. The van der Waals surface area contributed by atoms with E-state index in [0.717, 1.165) is 5.69 Å². The summed E-state index contributed by atoms with van der Waals surface area (Å²) in [4.78, 5) is 17.7. The number of carbonyl (C=O) groups is 1. The predicted octanol–water partition coefficient (Wildman–Crippen LogP) is 2.07. The van der Waals surface area contributed by atoms with Crippen molar-refractivity contribution in [2.24, 2.45) is 5.92 Å². The summed E-state index contributed by atoms with van der Waals surface area (Å²) in [5, 5.41) is 0. The fraction of sp³-hybridized carbons (Fsp3) is 0.455. The Balaban J connectivity index is 2.20. The van der Waals surface area contributed by atoms with Crippen molar-refractivity contribution in [1.82, 2.24) is 4.98 Å². The Morgan fingerprint density at radius 3 is 2.79 bits per heavy atom. The molecule has 2 rings (SSSR count). The number of aryl methyl sites for hydroxylation is 1. The molecule has 0 radical (unpaired) electrons. The van der Waals surface area contributed by atoms with Gasteiger partial charge in [0.05, 0.1) is 11.4 Å². The number of hydrogen-bond donors (Lipinski definition) is 0. The minimum Gasteiger partial charge on any atom is -0.310 e. The van der Waals surface area contributed by atoms with Crippen molar-refractivity contribution >= 4 is 47.3 Å². The first-order valence-electron chi connectivity index (χ1n) is 5.62. The minimum absolute atomic E-state index is 0.114. The van der Waals surface area contributed by atoms with Crippen molar-refractivity contribution in [1.29, 1.82) is 0 Å². The number of hydrogen-bond acceptors (Lipinski definition) is 4. The second kappa shape index (κ2) is 5.38. The molecule has 1 aromatic heterocycles. The maximum Gasteiger partial charge on any atom is 0.232 e. The van der Waals surface area contributed by atoms with Crippen LogP contribution in [0.4, 0.5) is 5.69 Å². The fourth-order valence-corrected chi connectivity index (χ4v) is 4.07. The Kier molecular flexibility index (Phi) is 4.17. The van der Waals surface area contributed by atoms with Crippen LogP contribution in [0.15, 0.2) is 16.7 Å². The van der Waals surface area contributed by atoms with E-state index in [1.54, 1.807) is 17.0 Å². The summed E-state index contributed by atoms with van der Waals surface area (Å²) in [6.07, 6.45) is 0.187. The van der Waals surface area contributed by atoms with Crippen LogP contribution >= 0.6 is 26.6 Å². The minimum atomic E-state index is -3.59. The fourth-order valence-electron chi connectivity index (χ4n) is 2.13. The molecule has 1 aliphatic rings. The second-order valence-electron chi connectivity index (χ2n) is 4.54. The number of rotatable bonds is 3. The molecule has 2 heterocycles. The summed E-state index contributed by atoms with van der Waals surface area (Å²) in [5.41, 5.74) is 1.49. The number of amides is 1. The van der Waals surface area contributed by atoms with Gasteiger partial charge >= 0.3 is 0 Å². The Hall–Kier alpha value is -0.660. The van der Waals surface area contributed by atoms with E-state index < -0.39 is 9.05 Å². The molecule has 0 spiro atoms. The van der Waals surface area contributed by atoms with E-state index in [-0.39, 0.29) is 24.0 Å². The molecule has 19 heavy (non-hydrogen) atoms. The van der Waals surface area contributed by atoms with E-state index in [1.165, 1.54) is 0 Å². The SMILES string of the molecule is Cc1ccc(N2CC(CS(=O)(=O)Cl)CC2=O)c(Br)n1. The molecule has 8 heteroatoms. The van der Waals surface area contributed by atoms with Gasteiger partial charge in [-0.1, -0.05) is 0 Å². The second-order valence-corrected chi connectivity index (χ2v) is 8.12. The molecular formula is C11H12BrClN2O3S. The van der Waals surface area contributed by atoms with Crippen molar-refractivity contribution in [3.63, 3.8) is 0 Å². The van der Waals surface area contributed by atoms with Gasteiger partial charge in [0.15, 0.2) is 0 Å². The molecule has 0 saturated carbocycles. The Morgan fingerprint density at radius 1 is 1.53 bits per heavy atom. The third kappa shape index (κ3) is 3.67. The third-order valence-electron chi connectivity index (χ3n) is 2.90. The lowest BCUT2D eigenvalue weighted by Gasteiger charge is -2.17. The molecule has 1 amide bonds. The van der Waals surface area contributed by atoms with Crippen LogP contribution in [0.1, 0.15) is 12.1 Å². The van der Waals surface area contributed by atoms with Crippen molar-refractivity contribution in [3.05, 3.63) is 22.4 Å². The van der Waals surface area contributed by atoms with E-state index in [0.29, 0.717) is 16.8 Å². The van der Waals surface area contributed by atoms with E-state index in [4.69, 9.17) is 10.7 Å². The third-order valence-corrected chi connectivity index (χ3v) is 4.73. The molecule has 104 valence electrons. The van der Waals surface area contributed by atoms with Crippen LogP contribution in [0.5, 0.6) is 0 Å². The first-order chi connectivity index (χ1) is 8.76. The number of nitrogens with zero attached hydrogens (tertiary/aromatic N) is 2. The van der Waals surface area contributed by atoms with E-state index in [9.17, 15) is 13.2 Å². The Morgan fingerprint density at radius 2 is 2.21 bits per heavy atom. The zero-order valence-electron chi connectivity index (χ0n) is 10.1. The molecule has 1 fully saturated rings. The summed E-state index contributed by atoms with van der Waals surface area (Å²) >= 11 is 3.32. The van der Waals surface area contributed by atoms with Crippen LogP contribution in [0, 0.1) is 12.8 Å². The summed E-state index contributed by atoms with van der Waals surface area (Å²) in [7, 11) is 1.64. The molecule has 1 aliphatic heterocycles. The monoisotopic (exact) mass is 366 g/mol. The highest BCUT2D eigenvalue weighted by Gasteiger charge is 2.34. The molecule has 0 bridgehead atoms. The molecule has 0 aromatic carbocycles. The van der Waals surface area contributed by atoms with Gasteiger partial charge in [-0.3, -0.25) is 4.79 Å². The van der Waals surface area contributed by atoms with Crippen LogP contribution < -0.4 is 4.90 Å². The largest absolute Gasteiger partial charge is 0.310 e. The van der Waals surface area contributed by atoms with Crippen molar-refractivity contribution in [2.75, 3.05) is 17.2 Å². The summed E-state index contributed by atoms with van der Waals surface area (Å²) < 4.78 is 22.7. The topological polar surface area (TPSA) is 67.3 Å². The van der Waals surface area contributed by atoms with Gasteiger partial charge in [0.2, 0.25) is 15.0 Å². The summed E-state index contributed by atoms with van der Waals surface area (Å²) in [6.45, 7) is 2.19. The number of halogens is 2. The summed E-state index contributed by atoms with van der Waals surface area (Å²) in [5.74, 6) is -0.576. The zero-order chi connectivity index (χ0) is 14.2. The van der Waals surface area contributed by atoms with Crippen molar-refractivity contribution in [2.45, 2.75) is 13.3 Å². The smallest absolute Gasteiger partial charge is 0.232 e. The lowest BCUT2D eigenvalue weighted by atomic mass is 10.1. The number of aromatic nitrogens is 1. The predicted molar refractivity (Wildman–Crippen MR) is 76.8 cm³/mol. The van der Waals surface area contributed by atoms with Crippen molar-refractivity contribution < 1.29 is 13.2 Å². The van der Waals surface area contributed by atoms with Gasteiger partial charge in [0.25, 0.3) is 0 Å². The highest BCUT2D eigenvalue weighted by Crippen LogP contribution is 2.31. The van der Waals surface area contributed by atoms with Gasteiger partial charge in [-0.25, -0.2) is 13.4 Å². The van der Waals surface area contributed by atoms with Crippen LogP contribution in [0.2, 0.25) is 0 Å². The Bertz CT molecular complexity index is 620. The molecule has 0 aliphatic carbocycles. The van der Waals surface area contributed by atoms with Crippen LogP contribution in [-0.4, -0.2) is 31.6 Å². The number of carbonyl (C=O) groups excluding carboxylic acids is 1. The van der Waals surface area contributed by atoms with Crippen LogP contribution in [0.3, 0.4) is 0 Å². The van der Waals surface area contributed by atoms with Gasteiger partial charge in [0.1, 0.15) is 4.60 Å². The van der Waals surface area contributed by atoms with Gasteiger partial charge < -0.3 is 4.90 Å². The van der Waals surface area contributed by atoms with Crippen molar-refractivity contribution in [3.8, 4) is 0 Å². The zero-order valence-corrected chi connectivity index (χ0v) is 13.3. The van der Waals surface area contributed by atoms with Crippen LogP contribution in [-0.2, 0) is 13.8 Å². The van der Waals surface area contributed by atoms with Gasteiger partial charge in [-0.15, -0.1) is 0 Å². The molecule has 1 aromatic rings. The Labute approximate surface area is 124 Å². The first kappa shape index (κ1) is 14.7. The molecule has 1 atom stereocenters. The van der Waals surface area contributed by atoms with E-state index in [1.807, 2.05) is 6.92 Å². The molecule has 5 nitrogen and oxygen atoms in total. The van der Waals surface area contributed by atoms with E-state index >= 15 is 0 Å². The van der Waals surface area contributed by atoms with Crippen LogP contribution in [0.25, 0.3) is 0 Å². The first-order valence-corrected chi connectivity index (χ1v) is 8.89.